The van der Waals surface area contributed by atoms with Gasteiger partial charge in [0, 0.05) is 37.4 Å². The van der Waals surface area contributed by atoms with Gasteiger partial charge in [0.05, 0.1) is 10.9 Å². The topological polar surface area (TPSA) is 69.7 Å². The molecule has 0 radical (unpaired) electrons. The summed E-state index contributed by atoms with van der Waals surface area (Å²) in [5, 5.41) is 0. The zero-order chi connectivity index (χ0) is 27.4. The van der Waals surface area contributed by atoms with Crippen molar-refractivity contribution in [3.63, 3.8) is 0 Å². The molecule has 1 aliphatic heterocycles. The summed E-state index contributed by atoms with van der Waals surface area (Å²) in [5.74, 6) is -0.155. The lowest BCUT2D eigenvalue weighted by Crippen LogP contribution is -2.49. The van der Waals surface area contributed by atoms with Crippen LogP contribution < -0.4 is 4.72 Å². The Hall–Kier alpha value is -3.94. The first-order valence-electron chi connectivity index (χ1n) is 13.2. The second-order valence-corrected chi connectivity index (χ2v) is 11.7. The summed E-state index contributed by atoms with van der Waals surface area (Å²) >= 11 is 0. The zero-order valence-electron chi connectivity index (χ0n) is 22.2. The van der Waals surface area contributed by atoms with Crippen LogP contribution in [0.15, 0.2) is 108 Å². The largest absolute Gasteiger partial charge is 0.336 e. The summed E-state index contributed by atoms with van der Waals surface area (Å²) in [6, 6.07) is 33.1. The molecule has 1 N–H and O–H groups in total. The maximum absolute atomic E-state index is 13.5. The molecule has 0 unspecified atom stereocenters. The number of piperazine rings is 1. The van der Waals surface area contributed by atoms with Gasteiger partial charge in [0.25, 0.3) is 15.9 Å². The van der Waals surface area contributed by atoms with Crippen molar-refractivity contribution >= 4 is 21.6 Å². The summed E-state index contributed by atoms with van der Waals surface area (Å²) in [5.41, 5.74) is 4.85. The molecular formula is C32H33N3O3S. The van der Waals surface area contributed by atoms with E-state index < -0.39 is 10.0 Å². The van der Waals surface area contributed by atoms with Gasteiger partial charge in [-0.1, -0.05) is 78.9 Å². The summed E-state index contributed by atoms with van der Waals surface area (Å²) in [6.07, 6.45) is 0. The Balaban J connectivity index is 1.32. The first-order valence-corrected chi connectivity index (χ1v) is 14.6. The van der Waals surface area contributed by atoms with Crippen molar-refractivity contribution in [1.82, 2.24) is 9.80 Å². The standard InChI is InChI=1S/C32H33N3O3S/c1-24-10-9-15-29(22-24)33-39(37,38)30-23-28(17-16-25(30)2)32(36)35-20-18-34(19-21-35)31(26-11-5-3-6-12-26)27-13-7-4-8-14-27/h3-17,22-23,31,33H,18-21H2,1-2H3. The molecule has 200 valence electrons. The molecule has 5 rings (SSSR count). The predicted octanol–water partition coefficient (Wildman–Crippen LogP) is 5.65. The summed E-state index contributed by atoms with van der Waals surface area (Å²) in [4.78, 5) is 17.8. The fourth-order valence-electron chi connectivity index (χ4n) is 5.19. The fraction of sp³-hybridized carbons (Fsp3) is 0.219. The molecule has 0 bridgehead atoms. The second-order valence-electron chi connectivity index (χ2n) is 10.0. The minimum Gasteiger partial charge on any atom is -0.336 e. The van der Waals surface area contributed by atoms with E-state index in [2.05, 4.69) is 58.2 Å². The molecule has 0 spiro atoms. The van der Waals surface area contributed by atoms with E-state index in [0.29, 0.717) is 43.0 Å². The molecule has 1 heterocycles. The molecule has 0 aliphatic carbocycles. The number of nitrogens with one attached hydrogen (secondary N) is 1. The fourth-order valence-corrected chi connectivity index (χ4v) is 6.51. The number of sulfonamides is 1. The highest BCUT2D eigenvalue weighted by molar-refractivity contribution is 7.92. The molecule has 1 saturated heterocycles. The lowest BCUT2D eigenvalue weighted by atomic mass is 9.96. The summed E-state index contributed by atoms with van der Waals surface area (Å²) < 4.78 is 29.1. The average molecular weight is 540 g/mol. The number of anilines is 1. The number of amides is 1. The Bertz CT molecular complexity index is 1510. The van der Waals surface area contributed by atoms with Crippen LogP contribution in [0.1, 0.15) is 38.7 Å². The van der Waals surface area contributed by atoms with Crippen LogP contribution in [0.4, 0.5) is 5.69 Å². The van der Waals surface area contributed by atoms with Gasteiger partial charge in [0.15, 0.2) is 0 Å². The highest BCUT2D eigenvalue weighted by atomic mass is 32.2. The Morgan fingerprint density at radius 2 is 1.36 bits per heavy atom. The minimum absolute atomic E-state index is 0.105. The maximum Gasteiger partial charge on any atom is 0.262 e. The van der Waals surface area contributed by atoms with Crippen molar-refractivity contribution in [2.45, 2.75) is 24.8 Å². The van der Waals surface area contributed by atoms with Gasteiger partial charge >= 0.3 is 0 Å². The van der Waals surface area contributed by atoms with E-state index in [0.717, 1.165) is 5.56 Å². The van der Waals surface area contributed by atoms with Crippen LogP contribution in [0.5, 0.6) is 0 Å². The van der Waals surface area contributed by atoms with Gasteiger partial charge in [0.1, 0.15) is 0 Å². The van der Waals surface area contributed by atoms with E-state index in [-0.39, 0.29) is 16.8 Å². The first-order chi connectivity index (χ1) is 18.8. The molecule has 0 aromatic heterocycles. The third kappa shape index (κ3) is 6.05. The van der Waals surface area contributed by atoms with Crippen LogP contribution in [-0.2, 0) is 10.0 Å². The van der Waals surface area contributed by atoms with Gasteiger partial charge in [-0.2, -0.15) is 0 Å². The molecule has 1 aliphatic rings. The minimum atomic E-state index is -3.86. The van der Waals surface area contributed by atoms with Crippen molar-refractivity contribution in [3.8, 4) is 0 Å². The van der Waals surface area contributed by atoms with Gasteiger partial charge < -0.3 is 4.90 Å². The molecule has 39 heavy (non-hydrogen) atoms. The highest BCUT2D eigenvalue weighted by Gasteiger charge is 2.29. The van der Waals surface area contributed by atoms with Crippen LogP contribution in [0, 0.1) is 13.8 Å². The van der Waals surface area contributed by atoms with E-state index in [4.69, 9.17) is 0 Å². The first kappa shape index (κ1) is 26.7. The van der Waals surface area contributed by atoms with Crippen LogP contribution in [0.25, 0.3) is 0 Å². The van der Waals surface area contributed by atoms with Crippen molar-refractivity contribution in [3.05, 3.63) is 131 Å². The zero-order valence-corrected chi connectivity index (χ0v) is 23.1. The Labute approximate surface area is 231 Å². The van der Waals surface area contributed by atoms with Gasteiger partial charge in [-0.05, 0) is 60.4 Å². The lowest BCUT2D eigenvalue weighted by Gasteiger charge is -2.40. The van der Waals surface area contributed by atoms with E-state index >= 15 is 0 Å². The number of aryl methyl sites for hydroxylation is 2. The molecule has 7 heteroatoms. The van der Waals surface area contributed by atoms with E-state index in [1.54, 1.807) is 37.3 Å². The Morgan fingerprint density at radius 1 is 0.744 bits per heavy atom. The quantitative estimate of drug-likeness (QED) is 0.329. The monoisotopic (exact) mass is 539 g/mol. The number of hydrogen-bond acceptors (Lipinski definition) is 4. The second kappa shape index (κ2) is 11.4. The SMILES string of the molecule is Cc1cccc(NS(=O)(=O)c2cc(C(=O)N3CCN(C(c4ccccc4)c4ccccc4)CC3)ccc2C)c1. The van der Waals surface area contributed by atoms with Crippen molar-refractivity contribution in [2.24, 2.45) is 0 Å². The molecule has 0 saturated carbocycles. The molecular weight excluding hydrogens is 506 g/mol. The van der Waals surface area contributed by atoms with Crippen molar-refractivity contribution < 1.29 is 13.2 Å². The van der Waals surface area contributed by atoms with Crippen LogP contribution in [0.2, 0.25) is 0 Å². The number of rotatable bonds is 7. The van der Waals surface area contributed by atoms with Crippen molar-refractivity contribution in [2.75, 3.05) is 30.9 Å². The van der Waals surface area contributed by atoms with E-state index in [1.165, 1.54) is 17.2 Å². The Morgan fingerprint density at radius 3 is 1.95 bits per heavy atom. The van der Waals surface area contributed by atoms with Gasteiger partial charge in [-0.15, -0.1) is 0 Å². The van der Waals surface area contributed by atoms with E-state index in [9.17, 15) is 13.2 Å². The van der Waals surface area contributed by atoms with Crippen LogP contribution >= 0.6 is 0 Å². The third-order valence-corrected chi connectivity index (χ3v) is 8.72. The summed E-state index contributed by atoms with van der Waals surface area (Å²) in [6.45, 7) is 6.20. The lowest BCUT2D eigenvalue weighted by molar-refractivity contribution is 0.0597. The molecule has 0 atom stereocenters. The number of carbonyl (C=O) groups is 1. The number of benzene rings is 4. The smallest absolute Gasteiger partial charge is 0.262 e. The van der Waals surface area contributed by atoms with Crippen LogP contribution in [0.3, 0.4) is 0 Å². The van der Waals surface area contributed by atoms with Gasteiger partial charge in [-0.3, -0.25) is 14.4 Å². The molecule has 4 aromatic rings. The maximum atomic E-state index is 13.5. The molecule has 1 fully saturated rings. The molecule has 4 aromatic carbocycles. The Kier molecular flexibility index (Phi) is 7.82. The number of nitrogens with zero attached hydrogens (tertiary/aromatic N) is 2. The number of hydrogen-bond donors (Lipinski definition) is 1. The van der Waals surface area contributed by atoms with Gasteiger partial charge in [0.2, 0.25) is 0 Å². The number of carbonyl (C=O) groups excluding carboxylic acids is 1. The third-order valence-electron chi connectivity index (χ3n) is 7.19. The molecule has 1 amide bonds. The molecule has 6 nitrogen and oxygen atoms in total. The average Bonchev–Trinajstić information content (AvgIpc) is 2.94. The highest BCUT2D eigenvalue weighted by Crippen LogP contribution is 2.30. The van der Waals surface area contributed by atoms with Crippen molar-refractivity contribution in [1.29, 1.82) is 0 Å². The van der Waals surface area contributed by atoms with E-state index in [1.807, 2.05) is 30.0 Å². The van der Waals surface area contributed by atoms with Crippen LogP contribution in [-0.4, -0.2) is 50.3 Å². The summed E-state index contributed by atoms with van der Waals surface area (Å²) in [7, 11) is -3.86. The normalized spacial score (nSPS) is 14.4. The van der Waals surface area contributed by atoms with Gasteiger partial charge in [-0.25, -0.2) is 8.42 Å². The predicted molar refractivity (Wildman–Crippen MR) is 155 cm³/mol.